The van der Waals surface area contributed by atoms with E-state index in [-0.39, 0.29) is 24.2 Å². The number of halogens is 3. The second-order valence-electron chi connectivity index (χ2n) is 5.77. The Morgan fingerprint density at radius 2 is 1.86 bits per heavy atom. The van der Waals surface area contributed by atoms with Gasteiger partial charge in [-0.05, 0) is 57.5 Å². The van der Waals surface area contributed by atoms with E-state index in [1.54, 1.807) is 13.8 Å². The number of nitrogens with one attached hydrogen (secondary N) is 2. The Bertz CT molecular complexity index is 502. The van der Waals surface area contributed by atoms with Crippen LogP contribution in [-0.2, 0) is 10.3 Å². The van der Waals surface area contributed by atoms with E-state index < -0.39 is 17.2 Å². The fraction of sp³-hybridized carbons (Fsp3) is 0.533. The minimum absolute atomic E-state index is 0. The quantitative estimate of drug-likeness (QED) is 0.900. The molecule has 1 aromatic rings. The molecule has 0 aliphatic carbocycles. The Morgan fingerprint density at radius 3 is 2.43 bits per heavy atom. The molecule has 0 radical (unpaired) electrons. The van der Waals surface area contributed by atoms with Crippen LogP contribution in [0.4, 0.5) is 8.78 Å². The average molecular weight is 319 g/mol. The number of amides is 1. The van der Waals surface area contributed by atoms with Crippen LogP contribution in [0.25, 0.3) is 0 Å². The van der Waals surface area contributed by atoms with Crippen molar-refractivity contribution >= 4 is 18.3 Å². The smallest absolute Gasteiger partial charge is 0.223 e. The van der Waals surface area contributed by atoms with Crippen LogP contribution in [0.2, 0.25) is 0 Å². The standard InChI is InChI=1S/C15H20F2N2O.ClH/c1-15(2,11-3-4-12(16)13(17)9-11)19-14(20)10-5-7-18-8-6-10;/h3-4,9-10,18H,5-8H2,1-2H3,(H,19,20);1H. The molecule has 0 saturated carbocycles. The normalized spacial score (nSPS) is 16.2. The molecule has 1 aliphatic rings. The molecule has 3 nitrogen and oxygen atoms in total. The van der Waals surface area contributed by atoms with Crippen molar-refractivity contribution in [2.24, 2.45) is 5.92 Å². The average Bonchev–Trinajstić information content (AvgIpc) is 2.42. The number of benzene rings is 1. The summed E-state index contributed by atoms with van der Waals surface area (Å²) in [6.45, 7) is 5.25. The van der Waals surface area contributed by atoms with Crippen LogP contribution in [0, 0.1) is 17.6 Å². The van der Waals surface area contributed by atoms with E-state index in [1.807, 2.05) is 0 Å². The highest BCUT2D eigenvalue weighted by molar-refractivity contribution is 5.85. The third-order valence-electron chi connectivity index (χ3n) is 3.79. The summed E-state index contributed by atoms with van der Waals surface area (Å²) in [4.78, 5) is 12.2. The second-order valence-corrected chi connectivity index (χ2v) is 5.77. The summed E-state index contributed by atoms with van der Waals surface area (Å²) in [5, 5.41) is 6.14. The predicted molar refractivity (Wildman–Crippen MR) is 80.4 cm³/mol. The van der Waals surface area contributed by atoms with E-state index in [9.17, 15) is 13.6 Å². The first kappa shape index (κ1) is 17.9. The SMILES string of the molecule is CC(C)(NC(=O)C1CCNCC1)c1ccc(F)c(F)c1.Cl. The Morgan fingerprint density at radius 1 is 1.24 bits per heavy atom. The molecule has 118 valence electrons. The number of hydrogen-bond acceptors (Lipinski definition) is 2. The third-order valence-corrected chi connectivity index (χ3v) is 3.79. The summed E-state index contributed by atoms with van der Waals surface area (Å²) in [5.41, 5.74) is -0.171. The van der Waals surface area contributed by atoms with Crippen LogP contribution in [0.15, 0.2) is 18.2 Å². The highest BCUT2D eigenvalue weighted by Crippen LogP contribution is 2.23. The monoisotopic (exact) mass is 318 g/mol. The zero-order valence-electron chi connectivity index (χ0n) is 12.2. The van der Waals surface area contributed by atoms with Gasteiger partial charge in [-0.3, -0.25) is 4.79 Å². The van der Waals surface area contributed by atoms with Crippen molar-refractivity contribution in [3.63, 3.8) is 0 Å². The summed E-state index contributed by atoms with van der Waals surface area (Å²) >= 11 is 0. The Hall–Kier alpha value is -1.20. The van der Waals surface area contributed by atoms with Gasteiger partial charge in [0.05, 0.1) is 5.54 Å². The van der Waals surface area contributed by atoms with Crippen molar-refractivity contribution in [1.29, 1.82) is 0 Å². The summed E-state index contributed by atoms with van der Waals surface area (Å²) in [7, 11) is 0. The number of rotatable bonds is 3. The van der Waals surface area contributed by atoms with E-state index >= 15 is 0 Å². The fourth-order valence-electron chi connectivity index (χ4n) is 2.45. The minimum Gasteiger partial charge on any atom is -0.347 e. The maximum atomic E-state index is 13.3. The lowest BCUT2D eigenvalue weighted by Crippen LogP contribution is -2.46. The van der Waals surface area contributed by atoms with Crippen molar-refractivity contribution in [1.82, 2.24) is 10.6 Å². The Balaban J connectivity index is 0.00000220. The van der Waals surface area contributed by atoms with Gasteiger partial charge in [-0.2, -0.15) is 0 Å². The number of carbonyl (C=O) groups is 1. The molecule has 6 heteroatoms. The van der Waals surface area contributed by atoms with Crippen molar-refractivity contribution in [3.8, 4) is 0 Å². The first-order valence-corrected chi connectivity index (χ1v) is 6.88. The molecule has 1 amide bonds. The van der Waals surface area contributed by atoms with Crippen molar-refractivity contribution in [3.05, 3.63) is 35.4 Å². The van der Waals surface area contributed by atoms with Gasteiger partial charge in [0.25, 0.3) is 0 Å². The fourth-order valence-corrected chi connectivity index (χ4v) is 2.45. The van der Waals surface area contributed by atoms with E-state index in [2.05, 4.69) is 10.6 Å². The highest BCUT2D eigenvalue weighted by atomic mass is 35.5. The molecule has 1 fully saturated rings. The number of hydrogen-bond donors (Lipinski definition) is 2. The van der Waals surface area contributed by atoms with E-state index in [4.69, 9.17) is 0 Å². The molecule has 0 bridgehead atoms. The van der Waals surface area contributed by atoms with Crippen molar-refractivity contribution < 1.29 is 13.6 Å². The summed E-state index contributed by atoms with van der Waals surface area (Å²) in [6.07, 6.45) is 1.61. The first-order chi connectivity index (χ1) is 9.40. The van der Waals surface area contributed by atoms with E-state index in [0.29, 0.717) is 5.56 Å². The van der Waals surface area contributed by atoms with Crippen LogP contribution in [0.5, 0.6) is 0 Å². The van der Waals surface area contributed by atoms with Crippen LogP contribution >= 0.6 is 12.4 Å². The molecule has 0 unspecified atom stereocenters. The zero-order chi connectivity index (χ0) is 14.8. The van der Waals surface area contributed by atoms with Gasteiger partial charge < -0.3 is 10.6 Å². The molecule has 21 heavy (non-hydrogen) atoms. The van der Waals surface area contributed by atoms with Gasteiger partial charge in [-0.25, -0.2) is 8.78 Å². The Labute approximate surface area is 129 Å². The molecular weight excluding hydrogens is 298 g/mol. The van der Waals surface area contributed by atoms with Gasteiger partial charge >= 0.3 is 0 Å². The lowest BCUT2D eigenvalue weighted by atomic mass is 9.91. The number of piperidine rings is 1. The largest absolute Gasteiger partial charge is 0.347 e. The second kappa shape index (κ2) is 7.18. The van der Waals surface area contributed by atoms with E-state index in [0.717, 1.165) is 38.1 Å². The molecule has 2 rings (SSSR count). The number of carbonyl (C=O) groups excluding carboxylic acids is 1. The maximum Gasteiger partial charge on any atom is 0.223 e. The maximum absolute atomic E-state index is 13.3. The molecular formula is C15H21ClF2N2O. The molecule has 1 aliphatic heterocycles. The van der Waals surface area contributed by atoms with Gasteiger partial charge in [0.2, 0.25) is 5.91 Å². The van der Waals surface area contributed by atoms with E-state index in [1.165, 1.54) is 6.07 Å². The molecule has 1 heterocycles. The summed E-state index contributed by atoms with van der Waals surface area (Å²) in [5.74, 6) is -1.82. The third kappa shape index (κ3) is 4.38. The minimum atomic E-state index is -0.897. The highest BCUT2D eigenvalue weighted by Gasteiger charge is 2.28. The molecule has 0 spiro atoms. The molecule has 0 atom stereocenters. The van der Waals surface area contributed by atoms with Gasteiger partial charge in [0, 0.05) is 5.92 Å². The molecule has 0 aromatic heterocycles. The van der Waals surface area contributed by atoms with Crippen LogP contribution < -0.4 is 10.6 Å². The van der Waals surface area contributed by atoms with Crippen LogP contribution in [-0.4, -0.2) is 19.0 Å². The first-order valence-electron chi connectivity index (χ1n) is 6.88. The lowest BCUT2D eigenvalue weighted by Gasteiger charge is -2.30. The summed E-state index contributed by atoms with van der Waals surface area (Å²) < 4.78 is 26.3. The Kier molecular flexibility index (Phi) is 6.10. The van der Waals surface area contributed by atoms with Gasteiger partial charge in [-0.1, -0.05) is 6.07 Å². The molecule has 1 saturated heterocycles. The van der Waals surface area contributed by atoms with Crippen molar-refractivity contribution in [2.45, 2.75) is 32.2 Å². The summed E-state index contributed by atoms with van der Waals surface area (Å²) in [6, 6.07) is 3.72. The van der Waals surface area contributed by atoms with Gasteiger partial charge in [0.1, 0.15) is 0 Å². The molecule has 2 N–H and O–H groups in total. The van der Waals surface area contributed by atoms with Gasteiger partial charge in [0.15, 0.2) is 11.6 Å². The lowest BCUT2D eigenvalue weighted by molar-refractivity contribution is -0.127. The van der Waals surface area contributed by atoms with Crippen LogP contribution in [0.3, 0.4) is 0 Å². The van der Waals surface area contributed by atoms with Crippen LogP contribution in [0.1, 0.15) is 32.3 Å². The zero-order valence-corrected chi connectivity index (χ0v) is 13.0. The van der Waals surface area contributed by atoms with Gasteiger partial charge in [-0.15, -0.1) is 12.4 Å². The topological polar surface area (TPSA) is 41.1 Å². The van der Waals surface area contributed by atoms with Crippen molar-refractivity contribution in [2.75, 3.05) is 13.1 Å². The predicted octanol–water partition coefficient (Wildman–Crippen LogP) is 2.74. The molecule has 1 aromatic carbocycles.